The van der Waals surface area contributed by atoms with E-state index in [9.17, 15) is 9.59 Å². The van der Waals surface area contributed by atoms with Crippen LogP contribution in [0.5, 0.6) is 5.88 Å². The molecular formula is C19H19ClN2O3. The molecule has 3 rings (SSSR count). The van der Waals surface area contributed by atoms with Crippen LogP contribution in [0.15, 0.2) is 42.5 Å². The average Bonchev–Trinajstić information content (AvgIpc) is 2.56. The Morgan fingerprint density at radius 1 is 1.16 bits per heavy atom. The van der Waals surface area contributed by atoms with Gasteiger partial charge in [0.1, 0.15) is 6.10 Å². The summed E-state index contributed by atoms with van der Waals surface area (Å²) >= 11 is 5.80. The third-order valence-corrected chi connectivity index (χ3v) is 4.34. The highest BCUT2D eigenvalue weighted by Gasteiger charge is 2.32. The maximum atomic E-state index is 12.1. The van der Waals surface area contributed by atoms with Gasteiger partial charge in [0.05, 0.1) is 13.1 Å². The molecule has 5 nitrogen and oxygen atoms in total. The highest BCUT2D eigenvalue weighted by molar-refractivity contribution is 6.30. The molecule has 2 heterocycles. The van der Waals surface area contributed by atoms with Crippen molar-refractivity contribution in [2.24, 2.45) is 0 Å². The van der Waals surface area contributed by atoms with Gasteiger partial charge in [-0.05, 0) is 37.3 Å². The minimum atomic E-state index is -0.0534. The van der Waals surface area contributed by atoms with Gasteiger partial charge in [-0.3, -0.25) is 9.59 Å². The molecule has 1 aromatic carbocycles. The first-order chi connectivity index (χ1) is 12.0. The predicted molar refractivity (Wildman–Crippen MR) is 95.0 cm³/mol. The number of carbonyl (C=O) groups is 2. The van der Waals surface area contributed by atoms with Crippen LogP contribution in [0.3, 0.4) is 0 Å². The number of benzene rings is 1. The molecule has 1 fully saturated rings. The fourth-order valence-electron chi connectivity index (χ4n) is 2.63. The summed E-state index contributed by atoms with van der Waals surface area (Å²) in [7, 11) is 0. The maximum absolute atomic E-state index is 12.1. The first-order valence-corrected chi connectivity index (χ1v) is 8.56. The Kier molecular flexibility index (Phi) is 5.34. The van der Waals surface area contributed by atoms with Crippen LogP contribution in [0.4, 0.5) is 0 Å². The number of amides is 1. The second kappa shape index (κ2) is 7.66. The van der Waals surface area contributed by atoms with Crippen LogP contribution in [-0.2, 0) is 4.79 Å². The molecule has 0 unspecified atom stereocenters. The lowest BCUT2D eigenvalue weighted by atomic mass is 10.0. The normalized spacial score (nSPS) is 14.1. The summed E-state index contributed by atoms with van der Waals surface area (Å²) in [6.45, 7) is 2.97. The van der Waals surface area contributed by atoms with E-state index in [0.717, 1.165) is 5.69 Å². The van der Waals surface area contributed by atoms with Crippen molar-refractivity contribution in [1.82, 2.24) is 9.88 Å². The highest BCUT2D eigenvalue weighted by Crippen LogP contribution is 2.18. The molecule has 0 spiro atoms. The Bertz CT molecular complexity index is 770. The first-order valence-electron chi connectivity index (χ1n) is 8.18. The van der Waals surface area contributed by atoms with Gasteiger partial charge >= 0.3 is 0 Å². The van der Waals surface area contributed by atoms with Crippen molar-refractivity contribution in [3.05, 3.63) is 58.7 Å². The minimum absolute atomic E-state index is 0.0284. The van der Waals surface area contributed by atoms with Crippen LogP contribution in [0, 0.1) is 6.92 Å². The zero-order valence-electron chi connectivity index (χ0n) is 13.9. The standard InChI is InChI=1S/C19H19ClN2O3/c1-13-3-2-4-18(21-13)25-16-11-22(12-16)19(24)10-9-17(23)14-5-7-15(20)8-6-14/h2-8,16H,9-12H2,1H3. The van der Waals surface area contributed by atoms with Gasteiger partial charge in [-0.15, -0.1) is 0 Å². The molecule has 130 valence electrons. The van der Waals surface area contributed by atoms with Crippen molar-refractivity contribution < 1.29 is 14.3 Å². The SMILES string of the molecule is Cc1cccc(OC2CN(C(=O)CCC(=O)c3ccc(Cl)cc3)C2)n1. The lowest BCUT2D eigenvalue weighted by molar-refractivity contribution is -0.140. The molecule has 0 bridgehead atoms. The largest absolute Gasteiger partial charge is 0.471 e. The summed E-state index contributed by atoms with van der Waals surface area (Å²) in [4.78, 5) is 30.2. The summed E-state index contributed by atoms with van der Waals surface area (Å²) in [6.07, 6.45) is 0.365. The molecule has 1 amide bonds. The Morgan fingerprint density at radius 2 is 1.88 bits per heavy atom. The van der Waals surface area contributed by atoms with E-state index < -0.39 is 0 Å². The van der Waals surface area contributed by atoms with E-state index in [0.29, 0.717) is 29.6 Å². The summed E-state index contributed by atoms with van der Waals surface area (Å²) in [5.41, 5.74) is 1.47. The van der Waals surface area contributed by atoms with Crippen LogP contribution in [0.25, 0.3) is 0 Å². The first kappa shape index (κ1) is 17.4. The Balaban J connectivity index is 1.41. The van der Waals surface area contributed by atoms with Gasteiger partial charge in [0, 0.05) is 35.2 Å². The number of carbonyl (C=O) groups excluding carboxylic acids is 2. The van der Waals surface area contributed by atoms with E-state index in [1.165, 1.54) is 0 Å². The van der Waals surface area contributed by atoms with Crippen LogP contribution in [0.1, 0.15) is 28.9 Å². The number of ketones is 1. The quantitative estimate of drug-likeness (QED) is 0.743. The summed E-state index contributed by atoms with van der Waals surface area (Å²) in [5, 5.41) is 0.586. The lowest BCUT2D eigenvalue weighted by Gasteiger charge is -2.38. The number of pyridine rings is 1. The van der Waals surface area contributed by atoms with Crippen molar-refractivity contribution in [3.8, 4) is 5.88 Å². The molecule has 1 aliphatic heterocycles. The summed E-state index contributed by atoms with van der Waals surface area (Å²) in [6, 6.07) is 12.3. The van der Waals surface area contributed by atoms with Gasteiger partial charge in [-0.1, -0.05) is 17.7 Å². The van der Waals surface area contributed by atoms with E-state index in [2.05, 4.69) is 4.98 Å². The number of rotatable bonds is 6. The maximum Gasteiger partial charge on any atom is 0.223 e. The second-order valence-corrected chi connectivity index (χ2v) is 6.52. The Morgan fingerprint density at radius 3 is 2.56 bits per heavy atom. The minimum Gasteiger partial charge on any atom is -0.471 e. The number of nitrogens with zero attached hydrogens (tertiary/aromatic N) is 2. The predicted octanol–water partition coefficient (Wildman–Crippen LogP) is 3.30. The number of hydrogen-bond acceptors (Lipinski definition) is 4. The van der Waals surface area contributed by atoms with Crippen LogP contribution in [-0.4, -0.2) is 40.8 Å². The number of aryl methyl sites for hydroxylation is 1. The van der Waals surface area contributed by atoms with Gasteiger partial charge in [0.2, 0.25) is 11.8 Å². The molecule has 0 N–H and O–H groups in total. The highest BCUT2D eigenvalue weighted by atomic mass is 35.5. The van der Waals surface area contributed by atoms with E-state index in [4.69, 9.17) is 16.3 Å². The molecule has 1 aromatic heterocycles. The molecule has 0 saturated carbocycles. The van der Waals surface area contributed by atoms with Gasteiger partial charge in [-0.25, -0.2) is 4.98 Å². The summed E-state index contributed by atoms with van der Waals surface area (Å²) < 4.78 is 5.73. The van der Waals surface area contributed by atoms with E-state index >= 15 is 0 Å². The third-order valence-electron chi connectivity index (χ3n) is 4.08. The molecule has 0 radical (unpaired) electrons. The van der Waals surface area contributed by atoms with Crippen molar-refractivity contribution >= 4 is 23.3 Å². The zero-order valence-corrected chi connectivity index (χ0v) is 14.7. The topological polar surface area (TPSA) is 59.5 Å². The molecule has 0 aliphatic carbocycles. The summed E-state index contributed by atoms with van der Waals surface area (Å²) in [5.74, 6) is 0.497. The van der Waals surface area contributed by atoms with Crippen molar-refractivity contribution in [2.75, 3.05) is 13.1 Å². The average molecular weight is 359 g/mol. The van der Waals surface area contributed by atoms with E-state index in [-0.39, 0.29) is 30.6 Å². The molecule has 1 saturated heterocycles. The van der Waals surface area contributed by atoms with Gasteiger partial charge in [0.15, 0.2) is 5.78 Å². The number of aromatic nitrogens is 1. The van der Waals surface area contributed by atoms with Crippen molar-refractivity contribution in [3.63, 3.8) is 0 Å². The van der Waals surface area contributed by atoms with Crippen LogP contribution >= 0.6 is 11.6 Å². The number of halogens is 1. The fourth-order valence-corrected chi connectivity index (χ4v) is 2.76. The molecule has 25 heavy (non-hydrogen) atoms. The van der Waals surface area contributed by atoms with E-state index in [1.54, 1.807) is 29.2 Å². The smallest absolute Gasteiger partial charge is 0.223 e. The van der Waals surface area contributed by atoms with Crippen molar-refractivity contribution in [2.45, 2.75) is 25.9 Å². The molecule has 1 aliphatic rings. The monoisotopic (exact) mass is 358 g/mol. The molecular weight excluding hydrogens is 340 g/mol. The zero-order chi connectivity index (χ0) is 17.8. The van der Waals surface area contributed by atoms with Gasteiger partial charge in [0.25, 0.3) is 0 Å². The van der Waals surface area contributed by atoms with Gasteiger partial charge < -0.3 is 9.64 Å². The number of hydrogen-bond donors (Lipinski definition) is 0. The van der Waals surface area contributed by atoms with Crippen LogP contribution in [0.2, 0.25) is 5.02 Å². The molecule has 2 aromatic rings. The number of likely N-dealkylation sites (tertiary alicyclic amines) is 1. The van der Waals surface area contributed by atoms with Crippen LogP contribution < -0.4 is 4.74 Å². The number of ether oxygens (including phenoxy) is 1. The number of Topliss-reactive ketones (excluding diaryl/α,β-unsaturated/α-hetero) is 1. The van der Waals surface area contributed by atoms with Gasteiger partial charge in [-0.2, -0.15) is 0 Å². The van der Waals surface area contributed by atoms with E-state index in [1.807, 2.05) is 25.1 Å². The lowest BCUT2D eigenvalue weighted by Crippen LogP contribution is -2.56. The Labute approximate surface area is 151 Å². The molecule has 0 atom stereocenters. The van der Waals surface area contributed by atoms with Crippen molar-refractivity contribution in [1.29, 1.82) is 0 Å². The Hall–Kier alpha value is -2.40. The third kappa shape index (κ3) is 4.57. The second-order valence-electron chi connectivity index (χ2n) is 6.09. The molecule has 6 heteroatoms. The fraction of sp³-hybridized carbons (Fsp3) is 0.316.